The maximum atomic E-state index is 10.4. The maximum Gasteiger partial charge on any atom is 0.328 e. The molecule has 1 aromatic carbocycles. The zero-order valence-corrected chi connectivity index (χ0v) is 9.38. The summed E-state index contributed by atoms with van der Waals surface area (Å²) in [6.07, 6.45) is 2.67. The molecule has 2 aromatic rings. The van der Waals surface area contributed by atoms with Gasteiger partial charge in [-0.1, -0.05) is 18.2 Å². The zero-order chi connectivity index (χ0) is 12.3. The highest BCUT2D eigenvalue weighted by molar-refractivity contribution is 5.85. The van der Waals surface area contributed by atoms with E-state index in [1.54, 1.807) is 6.08 Å². The van der Waals surface area contributed by atoms with Gasteiger partial charge >= 0.3 is 5.97 Å². The molecule has 0 radical (unpaired) electrons. The van der Waals surface area contributed by atoms with Crippen LogP contribution in [0.5, 0.6) is 0 Å². The van der Waals surface area contributed by atoms with Gasteiger partial charge in [0.2, 0.25) is 0 Å². The minimum Gasteiger partial charge on any atom is -0.478 e. The van der Waals surface area contributed by atoms with Crippen molar-refractivity contribution in [2.24, 2.45) is 0 Å². The second kappa shape index (κ2) is 4.70. The van der Waals surface area contributed by atoms with E-state index >= 15 is 0 Å². The minimum absolute atomic E-state index is 0.785. The van der Waals surface area contributed by atoms with Crippen LogP contribution in [0, 0.1) is 6.92 Å². The monoisotopic (exact) mass is 228 g/mol. The number of rotatable bonds is 3. The molecule has 2 rings (SSSR count). The Kier molecular flexibility index (Phi) is 3.10. The molecule has 0 aliphatic heterocycles. The number of carboxylic acids is 1. The zero-order valence-electron chi connectivity index (χ0n) is 9.38. The van der Waals surface area contributed by atoms with Crippen LogP contribution < -0.4 is 0 Å². The molecule has 0 bridgehead atoms. The van der Waals surface area contributed by atoms with Gasteiger partial charge in [0.25, 0.3) is 0 Å². The molecule has 1 aromatic heterocycles. The molecular formula is C14H12O3. The van der Waals surface area contributed by atoms with Crippen molar-refractivity contribution in [3.63, 3.8) is 0 Å². The number of aliphatic carboxylic acids is 1. The largest absolute Gasteiger partial charge is 0.478 e. The fraction of sp³-hybridized carbons (Fsp3) is 0.0714. The van der Waals surface area contributed by atoms with E-state index in [0.29, 0.717) is 0 Å². The van der Waals surface area contributed by atoms with Crippen LogP contribution in [0.3, 0.4) is 0 Å². The first kappa shape index (κ1) is 11.2. The van der Waals surface area contributed by atoms with E-state index in [-0.39, 0.29) is 0 Å². The summed E-state index contributed by atoms with van der Waals surface area (Å²) < 4.78 is 5.51. The number of hydrogen-bond acceptors (Lipinski definition) is 2. The highest BCUT2D eigenvalue weighted by Crippen LogP contribution is 2.23. The van der Waals surface area contributed by atoms with Crippen molar-refractivity contribution in [2.75, 3.05) is 0 Å². The molecule has 0 spiro atoms. The third kappa shape index (κ3) is 2.84. The summed E-state index contributed by atoms with van der Waals surface area (Å²) in [6.45, 7) is 1.89. The Labute approximate surface area is 99.0 Å². The molecule has 1 N–H and O–H groups in total. The lowest BCUT2D eigenvalue weighted by molar-refractivity contribution is -0.131. The van der Waals surface area contributed by atoms with Crippen LogP contribution in [0.25, 0.3) is 17.4 Å². The molecule has 0 saturated carbocycles. The number of hydrogen-bond donors (Lipinski definition) is 1. The molecule has 0 amide bonds. The van der Waals surface area contributed by atoms with Gasteiger partial charge in [-0.15, -0.1) is 0 Å². The summed E-state index contributed by atoms with van der Waals surface area (Å²) in [7, 11) is 0. The Bertz CT molecular complexity index is 564. The molecule has 0 aliphatic rings. The van der Waals surface area contributed by atoms with Crippen LogP contribution in [0.15, 0.2) is 46.9 Å². The first-order valence-corrected chi connectivity index (χ1v) is 5.23. The number of carboxylic acid groups (broad SMARTS) is 1. The normalized spacial score (nSPS) is 10.9. The molecule has 0 saturated heterocycles. The van der Waals surface area contributed by atoms with Crippen molar-refractivity contribution in [3.8, 4) is 11.3 Å². The Morgan fingerprint density at radius 1 is 1.29 bits per heavy atom. The summed E-state index contributed by atoms with van der Waals surface area (Å²) in [4.78, 5) is 10.4. The lowest BCUT2D eigenvalue weighted by atomic mass is 10.1. The third-order valence-electron chi connectivity index (χ3n) is 2.33. The molecule has 0 fully saturated rings. The Morgan fingerprint density at radius 3 is 2.76 bits per heavy atom. The van der Waals surface area contributed by atoms with E-state index in [1.807, 2.05) is 43.3 Å². The van der Waals surface area contributed by atoms with Crippen LogP contribution in [0.1, 0.15) is 11.3 Å². The van der Waals surface area contributed by atoms with Crippen molar-refractivity contribution >= 4 is 12.0 Å². The molecule has 1 heterocycles. The molecule has 86 valence electrons. The molecule has 0 atom stereocenters. The van der Waals surface area contributed by atoms with E-state index in [1.165, 1.54) is 0 Å². The van der Waals surface area contributed by atoms with Crippen molar-refractivity contribution in [3.05, 3.63) is 53.8 Å². The molecule has 3 nitrogen and oxygen atoms in total. The number of benzene rings is 1. The predicted molar refractivity (Wildman–Crippen MR) is 65.6 cm³/mol. The molecule has 3 heteroatoms. The van der Waals surface area contributed by atoms with Crippen molar-refractivity contribution in [2.45, 2.75) is 6.92 Å². The average Bonchev–Trinajstić information content (AvgIpc) is 2.74. The molecular weight excluding hydrogens is 216 g/mol. The van der Waals surface area contributed by atoms with E-state index in [9.17, 15) is 4.79 Å². The second-order valence-corrected chi connectivity index (χ2v) is 3.71. The van der Waals surface area contributed by atoms with Gasteiger partial charge in [0.1, 0.15) is 11.5 Å². The van der Waals surface area contributed by atoms with Gasteiger partial charge < -0.3 is 9.52 Å². The van der Waals surface area contributed by atoms with Crippen LogP contribution in [0.4, 0.5) is 0 Å². The first-order valence-electron chi connectivity index (χ1n) is 5.23. The lowest BCUT2D eigenvalue weighted by Crippen LogP contribution is -1.85. The van der Waals surface area contributed by atoms with Gasteiger partial charge in [-0.2, -0.15) is 0 Å². The highest BCUT2D eigenvalue weighted by atomic mass is 16.4. The number of furan rings is 1. The lowest BCUT2D eigenvalue weighted by Gasteiger charge is -1.98. The predicted octanol–water partition coefficient (Wildman–Crippen LogP) is 3.35. The van der Waals surface area contributed by atoms with E-state index in [2.05, 4.69) is 0 Å². The van der Waals surface area contributed by atoms with E-state index in [0.717, 1.165) is 28.7 Å². The summed E-state index contributed by atoms with van der Waals surface area (Å²) in [5.74, 6) is 0.684. The topological polar surface area (TPSA) is 50.4 Å². The van der Waals surface area contributed by atoms with Crippen molar-refractivity contribution in [1.82, 2.24) is 0 Å². The van der Waals surface area contributed by atoms with Crippen LogP contribution in [-0.4, -0.2) is 11.1 Å². The fourth-order valence-electron chi connectivity index (χ4n) is 1.55. The second-order valence-electron chi connectivity index (χ2n) is 3.71. The molecule has 17 heavy (non-hydrogen) atoms. The van der Waals surface area contributed by atoms with Gasteiger partial charge in [0, 0.05) is 11.6 Å². The van der Waals surface area contributed by atoms with Gasteiger partial charge in [-0.3, -0.25) is 0 Å². The quantitative estimate of drug-likeness (QED) is 0.819. The van der Waals surface area contributed by atoms with Crippen LogP contribution in [0.2, 0.25) is 0 Å². The van der Waals surface area contributed by atoms with E-state index < -0.39 is 5.97 Å². The van der Waals surface area contributed by atoms with Gasteiger partial charge in [-0.25, -0.2) is 4.79 Å². The summed E-state index contributed by atoms with van der Waals surface area (Å²) >= 11 is 0. The van der Waals surface area contributed by atoms with Gasteiger partial charge in [0.15, 0.2) is 0 Å². The Hall–Kier alpha value is -2.29. The average molecular weight is 228 g/mol. The first-order chi connectivity index (χ1) is 8.15. The standard InChI is InChI=1S/C14H12O3/c1-10-5-7-13(17-10)12-4-2-3-11(9-12)6-8-14(15)16/h2-9H,1H3,(H,15,16)/b8-6+. The molecule has 0 aliphatic carbocycles. The van der Waals surface area contributed by atoms with Gasteiger partial charge in [-0.05, 0) is 36.8 Å². The Morgan fingerprint density at radius 2 is 2.12 bits per heavy atom. The highest BCUT2D eigenvalue weighted by Gasteiger charge is 2.02. The SMILES string of the molecule is Cc1ccc(-c2cccc(/C=C/C(=O)O)c2)o1. The van der Waals surface area contributed by atoms with Crippen LogP contribution in [-0.2, 0) is 4.79 Å². The van der Waals surface area contributed by atoms with E-state index in [4.69, 9.17) is 9.52 Å². The van der Waals surface area contributed by atoms with Crippen LogP contribution >= 0.6 is 0 Å². The van der Waals surface area contributed by atoms with Crippen molar-refractivity contribution < 1.29 is 14.3 Å². The minimum atomic E-state index is -0.954. The van der Waals surface area contributed by atoms with Crippen molar-refractivity contribution in [1.29, 1.82) is 0 Å². The smallest absolute Gasteiger partial charge is 0.328 e. The number of aryl methyl sites for hydroxylation is 1. The maximum absolute atomic E-state index is 10.4. The Balaban J connectivity index is 2.31. The third-order valence-corrected chi connectivity index (χ3v) is 2.33. The molecule has 0 unspecified atom stereocenters. The number of carbonyl (C=O) groups is 1. The fourth-order valence-corrected chi connectivity index (χ4v) is 1.55. The summed E-state index contributed by atoms with van der Waals surface area (Å²) in [5, 5.41) is 8.56. The summed E-state index contributed by atoms with van der Waals surface area (Å²) in [5.41, 5.74) is 1.77. The van der Waals surface area contributed by atoms with Gasteiger partial charge in [0.05, 0.1) is 0 Å². The summed E-state index contributed by atoms with van der Waals surface area (Å²) in [6, 6.07) is 11.3.